The van der Waals surface area contributed by atoms with Crippen molar-refractivity contribution in [3.05, 3.63) is 28.0 Å². The van der Waals surface area contributed by atoms with Crippen LogP contribution in [0.3, 0.4) is 0 Å². The molecule has 2 aromatic rings. The van der Waals surface area contributed by atoms with Crippen LogP contribution in [-0.4, -0.2) is 22.0 Å². The third-order valence-electron chi connectivity index (χ3n) is 3.08. The van der Waals surface area contributed by atoms with Crippen molar-refractivity contribution in [2.45, 2.75) is 39.7 Å². The minimum atomic E-state index is 0.141. The number of thiazole rings is 1. The molecule has 0 aromatic carbocycles. The summed E-state index contributed by atoms with van der Waals surface area (Å²) in [7, 11) is 1.89. The number of rotatable bonds is 6. The van der Waals surface area contributed by atoms with Gasteiger partial charge in [-0.25, -0.2) is 15.0 Å². The van der Waals surface area contributed by atoms with Gasteiger partial charge in [0.05, 0.1) is 6.04 Å². The summed E-state index contributed by atoms with van der Waals surface area (Å²) >= 11 is 1.65. The van der Waals surface area contributed by atoms with E-state index in [0.717, 1.165) is 40.9 Å². The standard InChI is InChI=1S/C14H21N5S/c1-5-6-11-18-12(15-4)9(2)13(19-11)17-10(3)14-16-7-8-20-14/h7-8,10H,5-6H2,1-4H3,(H2,15,17,18,19). The van der Waals surface area contributed by atoms with Crippen LogP contribution in [-0.2, 0) is 6.42 Å². The van der Waals surface area contributed by atoms with Gasteiger partial charge in [-0.1, -0.05) is 6.92 Å². The lowest BCUT2D eigenvalue weighted by molar-refractivity contribution is 0.812. The molecular formula is C14H21N5S. The van der Waals surface area contributed by atoms with Gasteiger partial charge in [0.2, 0.25) is 0 Å². The molecule has 2 rings (SSSR count). The SMILES string of the molecule is CCCc1nc(NC)c(C)c(NC(C)c2nccs2)n1. The lowest BCUT2D eigenvalue weighted by Crippen LogP contribution is -2.12. The van der Waals surface area contributed by atoms with E-state index in [0.29, 0.717) is 0 Å². The molecule has 0 aliphatic rings. The fourth-order valence-electron chi connectivity index (χ4n) is 2.00. The van der Waals surface area contributed by atoms with Gasteiger partial charge in [0.1, 0.15) is 22.5 Å². The summed E-state index contributed by atoms with van der Waals surface area (Å²) in [5, 5.41) is 9.63. The van der Waals surface area contributed by atoms with Gasteiger partial charge in [-0.15, -0.1) is 11.3 Å². The van der Waals surface area contributed by atoms with E-state index < -0.39 is 0 Å². The molecule has 5 nitrogen and oxygen atoms in total. The molecule has 2 N–H and O–H groups in total. The third-order valence-corrected chi connectivity index (χ3v) is 4.04. The van der Waals surface area contributed by atoms with E-state index in [1.54, 1.807) is 11.3 Å². The maximum Gasteiger partial charge on any atom is 0.135 e. The van der Waals surface area contributed by atoms with Crippen molar-refractivity contribution in [3.8, 4) is 0 Å². The monoisotopic (exact) mass is 291 g/mol. The number of hydrogen-bond donors (Lipinski definition) is 2. The molecule has 0 saturated carbocycles. The van der Waals surface area contributed by atoms with Gasteiger partial charge >= 0.3 is 0 Å². The number of aromatic nitrogens is 3. The Morgan fingerprint density at radius 2 is 2.05 bits per heavy atom. The van der Waals surface area contributed by atoms with Crippen LogP contribution in [0.5, 0.6) is 0 Å². The van der Waals surface area contributed by atoms with E-state index in [4.69, 9.17) is 0 Å². The predicted octanol–water partition coefficient (Wildman–Crippen LogP) is 3.41. The number of nitrogens with one attached hydrogen (secondary N) is 2. The summed E-state index contributed by atoms with van der Waals surface area (Å²) in [6.45, 7) is 6.25. The lowest BCUT2D eigenvalue weighted by atomic mass is 10.2. The van der Waals surface area contributed by atoms with Gasteiger partial charge in [0, 0.05) is 30.6 Å². The van der Waals surface area contributed by atoms with Crippen molar-refractivity contribution in [1.29, 1.82) is 0 Å². The Morgan fingerprint density at radius 3 is 2.65 bits per heavy atom. The van der Waals surface area contributed by atoms with Gasteiger partial charge in [0.25, 0.3) is 0 Å². The number of anilines is 2. The first-order valence-corrected chi connectivity index (χ1v) is 7.74. The van der Waals surface area contributed by atoms with Crippen molar-refractivity contribution in [1.82, 2.24) is 15.0 Å². The second-order valence-corrected chi connectivity index (χ2v) is 5.62. The second kappa shape index (κ2) is 6.65. The third kappa shape index (κ3) is 3.25. The van der Waals surface area contributed by atoms with Crippen LogP contribution in [0.4, 0.5) is 11.6 Å². The van der Waals surface area contributed by atoms with Crippen molar-refractivity contribution in [3.63, 3.8) is 0 Å². The van der Waals surface area contributed by atoms with Crippen LogP contribution in [0.25, 0.3) is 0 Å². The van der Waals surface area contributed by atoms with E-state index in [1.807, 2.05) is 25.5 Å². The molecule has 0 saturated heterocycles. The summed E-state index contributed by atoms with van der Waals surface area (Å²) in [6, 6.07) is 0.141. The highest BCUT2D eigenvalue weighted by Gasteiger charge is 2.14. The quantitative estimate of drug-likeness (QED) is 0.854. The van der Waals surface area contributed by atoms with Gasteiger partial charge in [0.15, 0.2) is 0 Å². The van der Waals surface area contributed by atoms with Crippen LogP contribution in [0, 0.1) is 6.92 Å². The lowest BCUT2D eigenvalue weighted by Gasteiger charge is -2.17. The second-order valence-electron chi connectivity index (χ2n) is 4.70. The van der Waals surface area contributed by atoms with Crippen LogP contribution < -0.4 is 10.6 Å². The van der Waals surface area contributed by atoms with Crippen LogP contribution in [0.2, 0.25) is 0 Å². The van der Waals surface area contributed by atoms with E-state index in [2.05, 4.69) is 39.4 Å². The smallest absolute Gasteiger partial charge is 0.135 e. The molecule has 0 aliphatic heterocycles. The highest BCUT2D eigenvalue weighted by molar-refractivity contribution is 7.09. The van der Waals surface area contributed by atoms with Gasteiger partial charge < -0.3 is 10.6 Å². The summed E-state index contributed by atoms with van der Waals surface area (Å²) in [5.74, 6) is 2.64. The number of hydrogen-bond acceptors (Lipinski definition) is 6. The van der Waals surface area contributed by atoms with E-state index in [9.17, 15) is 0 Å². The molecule has 0 bridgehead atoms. The molecule has 0 radical (unpaired) electrons. The van der Waals surface area contributed by atoms with Gasteiger partial charge in [-0.05, 0) is 20.3 Å². The molecule has 2 aromatic heterocycles. The first-order valence-electron chi connectivity index (χ1n) is 6.86. The Labute approximate surface area is 123 Å². The molecular weight excluding hydrogens is 270 g/mol. The molecule has 0 amide bonds. The Bertz CT molecular complexity index is 553. The van der Waals surface area contributed by atoms with Gasteiger partial charge in [-0.3, -0.25) is 0 Å². The Balaban J connectivity index is 2.27. The molecule has 6 heteroatoms. The van der Waals surface area contributed by atoms with Crippen LogP contribution in [0.15, 0.2) is 11.6 Å². The van der Waals surface area contributed by atoms with E-state index >= 15 is 0 Å². The number of aryl methyl sites for hydroxylation is 1. The van der Waals surface area contributed by atoms with Crippen molar-refractivity contribution in [2.75, 3.05) is 17.7 Å². The zero-order chi connectivity index (χ0) is 14.5. The summed E-state index contributed by atoms with van der Waals surface area (Å²) < 4.78 is 0. The zero-order valence-electron chi connectivity index (χ0n) is 12.4. The molecule has 0 fully saturated rings. The topological polar surface area (TPSA) is 62.7 Å². The largest absolute Gasteiger partial charge is 0.373 e. The Morgan fingerprint density at radius 1 is 1.30 bits per heavy atom. The van der Waals surface area contributed by atoms with Crippen LogP contribution >= 0.6 is 11.3 Å². The molecule has 0 aliphatic carbocycles. The summed E-state index contributed by atoms with van der Waals surface area (Å²) in [5.41, 5.74) is 1.04. The molecule has 1 atom stereocenters. The zero-order valence-corrected chi connectivity index (χ0v) is 13.2. The molecule has 0 spiro atoms. The average molecular weight is 291 g/mol. The van der Waals surface area contributed by atoms with Crippen molar-refractivity contribution >= 4 is 23.0 Å². The fourth-order valence-corrected chi connectivity index (χ4v) is 2.64. The fraction of sp³-hybridized carbons (Fsp3) is 0.500. The maximum atomic E-state index is 4.64. The van der Waals surface area contributed by atoms with Gasteiger partial charge in [-0.2, -0.15) is 0 Å². The first-order chi connectivity index (χ1) is 9.65. The van der Waals surface area contributed by atoms with Crippen LogP contribution in [0.1, 0.15) is 42.7 Å². The highest BCUT2D eigenvalue weighted by atomic mass is 32.1. The first kappa shape index (κ1) is 14.7. The molecule has 108 valence electrons. The minimum absolute atomic E-state index is 0.141. The molecule has 2 heterocycles. The molecule has 1 unspecified atom stereocenters. The number of nitrogens with zero attached hydrogens (tertiary/aromatic N) is 3. The highest BCUT2D eigenvalue weighted by Crippen LogP contribution is 2.25. The summed E-state index contributed by atoms with van der Waals surface area (Å²) in [6.07, 6.45) is 3.75. The average Bonchev–Trinajstić information content (AvgIpc) is 2.96. The maximum absolute atomic E-state index is 4.64. The minimum Gasteiger partial charge on any atom is -0.373 e. The van der Waals surface area contributed by atoms with E-state index in [-0.39, 0.29) is 6.04 Å². The Kier molecular flexibility index (Phi) is 4.89. The Hall–Kier alpha value is -1.69. The molecule has 20 heavy (non-hydrogen) atoms. The summed E-state index contributed by atoms with van der Waals surface area (Å²) in [4.78, 5) is 13.5. The normalized spacial score (nSPS) is 12.2. The predicted molar refractivity (Wildman–Crippen MR) is 84.5 cm³/mol. The van der Waals surface area contributed by atoms with Crippen molar-refractivity contribution < 1.29 is 0 Å². The van der Waals surface area contributed by atoms with E-state index in [1.165, 1.54) is 0 Å². The van der Waals surface area contributed by atoms with Crippen molar-refractivity contribution in [2.24, 2.45) is 0 Å².